The third-order valence-corrected chi connectivity index (χ3v) is 4.92. The number of hydrazone groups is 1. The lowest BCUT2D eigenvalue weighted by molar-refractivity contribution is 0.748. The van der Waals surface area contributed by atoms with Gasteiger partial charge in [0.2, 0.25) is 0 Å². The number of halogens is 3. The van der Waals surface area contributed by atoms with Gasteiger partial charge >= 0.3 is 0 Å². The first-order valence-electron chi connectivity index (χ1n) is 8.10. The molecule has 6 heteroatoms. The molecular weight excluding hydrogens is 389 g/mol. The van der Waals surface area contributed by atoms with Crippen LogP contribution < -0.4 is 5.43 Å². The zero-order valence-corrected chi connectivity index (χ0v) is 16.7. The molecule has 0 atom stereocenters. The Kier molecular flexibility index (Phi) is 5.92. The number of nitrogens with one attached hydrogen (secondary N) is 1. The molecule has 3 aromatic rings. The van der Waals surface area contributed by atoms with Crippen molar-refractivity contribution >= 4 is 41.0 Å². The maximum atomic E-state index is 6.35. The minimum atomic E-state index is 0.631. The first-order chi connectivity index (χ1) is 12.5. The molecule has 0 saturated carbocycles. The molecule has 0 aliphatic rings. The minimum Gasteiger partial charge on any atom is -0.316 e. The van der Waals surface area contributed by atoms with E-state index in [2.05, 4.69) is 21.2 Å². The summed E-state index contributed by atoms with van der Waals surface area (Å²) in [5.74, 6) is 0. The number of nitrogens with zero attached hydrogens (tertiary/aromatic N) is 2. The van der Waals surface area contributed by atoms with Crippen LogP contribution in [0.5, 0.6) is 0 Å². The molecule has 26 heavy (non-hydrogen) atoms. The van der Waals surface area contributed by atoms with Gasteiger partial charge in [0.1, 0.15) is 0 Å². The number of rotatable bonds is 5. The van der Waals surface area contributed by atoms with E-state index in [1.165, 1.54) is 0 Å². The highest BCUT2D eigenvalue weighted by Gasteiger charge is 2.12. The predicted molar refractivity (Wildman–Crippen MR) is 111 cm³/mol. The summed E-state index contributed by atoms with van der Waals surface area (Å²) in [5, 5.41) is 6.36. The molecular formula is C20H18Cl3N3. The van der Waals surface area contributed by atoms with Crippen LogP contribution in [0.4, 0.5) is 0 Å². The van der Waals surface area contributed by atoms with Crippen LogP contribution in [0.3, 0.4) is 0 Å². The van der Waals surface area contributed by atoms with E-state index in [1.807, 2.05) is 50.4 Å². The lowest BCUT2D eigenvalue weighted by Gasteiger charge is -2.12. The Bertz CT molecular complexity index is 944. The van der Waals surface area contributed by atoms with Crippen LogP contribution in [0.15, 0.2) is 53.6 Å². The van der Waals surface area contributed by atoms with Crippen molar-refractivity contribution in [2.75, 3.05) is 0 Å². The Hall–Kier alpha value is -1.94. The summed E-state index contributed by atoms with van der Waals surface area (Å²) in [7, 11) is 0. The van der Waals surface area contributed by atoms with Crippen molar-refractivity contribution in [1.29, 1.82) is 0 Å². The Labute approximate surface area is 168 Å². The smallest absolute Gasteiger partial charge is 0.0656 e. The van der Waals surface area contributed by atoms with Crippen molar-refractivity contribution in [3.8, 4) is 5.69 Å². The highest BCUT2D eigenvalue weighted by Crippen LogP contribution is 2.28. The maximum Gasteiger partial charge on any atom is 0.0656 e. The number of hydrogen-bond donors (Lipinski definition) is 1. The van der Waals surface area contributed by atoms with Crippen molar-refractivity contribution < 1.29 is 0 Å². The van der Waals surface area contributed by atoms with Crippen LogP contribution >= 0.6 is 34.8 Å². The molecule has 0 amide bonds. The van der Waals surface area contributed by atoms with E-state index in [9.17, 15) is 0 Å². The lowest BCUT2D eigenvalue weighted by atomic mass is 10.2. The van der Waals surface area contributed by atoms with E-state index in [-0.39, 0.29) is 0 Å². The lowest BCUT2D eigenvalue weighted by Crippen LogP contribution is -2.05. The van der Waals surface area contributed by atoms with Gasteiger partial charge in [-0.2, -0.15) is 5.10 Å². The summed E-state index contributed by atoms with van der Waals surface area (Å²) in [6, 6.07) is 15.2. The third-order valence-electron chi connectivity index (χ3n) is 4.11. The molecule has 0 fully saturated rings. The Balaban J connectivity index is 1.77. The van der Waals surface area contributed by atoms with Gasteiger partial charge in [-0.05, 0) is 55.8 Å². The number of benzene rings is 2. The van der Waals surface area contributed by atoms with Gasteiger partial charge in [-0.1, -0.05) is 46.9 Å². The van der Waals surface area contributed by atoms with Crippen molar-refractivity contribution in [3.05, 3.63) is 86.1 Å². The van der Waals surface area contributed by atoms with Gasteiger partial charge < -0.3 is 9.99 Å². The van der Waals surface area contributed by atoms with Gasteiger partial charge in [0.05, 0.1) is 23.5 Å². The average Bonchev–Trinajstić information content (AvgIpc) is 2.89. The molecule has 2 aromatic carbocycles. The van der Waals surface area contributed by atoms with Gasteiger partial charge in [-0.15, -0.1) is 0 Å². The second kappa shape index (κ2) is 8.17. The van der Waals surface area contributed by atoms with Crippen molar-refractivity contribution in [2.45, 2.75) is 20.4 Å². The van der Waals surface area contributed by atoms with Gasteiger partial charge in [0.25, 0.3) is 0 Å². The fraction of sp³-hybridized carbons (Fsp3) is 0.150. The van der Waals surface area contributed by atoms with E-state index in [4.69, 9.17) is 34.8 Å². The molecule has 0 aliphatic heterocycles. The summed E-state index contributed by atoms with van der Waals surface area (Å²) < 4.78 is 2.08. The first kappa shape index (κ1) is 18.8. The number of hydrogen-bond acceptors (Lipinski definition) is 2. The van der Waals surface area contributed by atoms with Gasteiger partial charge in [0, 0.05) is 27.0 Å². The molecule has 1 N–H and O–H groups in total. The standard InChI is InChI=1S/C20H18Cl3N3/c1-13-9-16(12-25-24-11-15-3-5-17(21)6-4-15)14(2)26(13)20-10-18(22)7-8-19(20)23/h3-10,12,24H,11H2,1-2H3/b25-12-. The van der Waals surface area contributed by atoms with Gasteiger partial charge in [-0.25, -0.2) is 0 Å². The molecule has 3 nitrogen and oxygen atoms in total. The molecule has 0 saturated heterocycles. The SMILES string of the molecule is Cc1cc(/C=N\NCc2ccc(Cl)cc2)c(C)n1-c1cc(Cl)ccc1Cl. The van der Waals surface area contributed by atoms with E-state index < -0.39 is 0 Å². The van der Waals surface area contributed by atoms with E-state index >= 15 is 0 Å². The van der Waals surface area contributed by atoms with E-state index in [0.717, 1.165) is 33.2 Å². The molecule has 0 bridgehead atoms. The first-order valence-corrected chi connectivity index (χ1v) is 9.24. The molecule has 1 aromatic heterocycles. The monoisotopic (exact) mass is 405 g/mol. The van der Waals surface area contributed by atoms with E-state index in [0.29, 0.717) is 16.6 Å². The van der Waals surface area contributed by atoms with Crippen molar-refractivity contribution in [2.24, 2.45) is 5.10 Å². The summed E-state index contributed by atoms with van der Waals surface area (Å²) in [6.07, 6.45) is 1.81. The fourth-order valence-electron chi connectivity index (χ4n) is 2.80. The molecule has 0 radical (unpaired) electrons. The van der Waals surface area contributed by atoms with Crippen LogP contribution in [-0.4, -0.2) is 10.8 Å². The largest absolute Gasteiger partial charge is 0.316 e. The summed E-state index contributed by atoms with van der Waals surface area (Å²) >= 11 is 18.4. The summed E-state index contributed by atoms with van der Waals surface area (Å²) in [6.45, 7) is 4.69. The van der Waals surface area contributed by atoms with Crippen LogP contribution in [0.2, 0.25) is 15.1 Å². The molecule has 0 spiro atoms. The Morgan fingerprint density at radius 1 is 0.962 bits per heavy atom. The van der Waals surface area contributed by atoms with Crippen molar-refractivity contribution in [3.63, 3.8) is 0 Å². The quantitative estimate of drug-likeness (QED) is 0.398. The number of aryl methyl sites for hydroxylation is 1. The van der Waals surface area contributed by atoms with E-state index in [1.54, 1.807) is 12.1 Å². The van der Waals surface area contributed by atoms with Crippen LogP contribution in [-0.2, 0) is 6.54 Å². The number of aromatic nitrogens is 1. The maximum absolute atomic E-state index is 6.35. The Morgan fingerprint density at radius 2 is 1.65 bits per heavy atom. The zero-order chi connectivity index (χ0) is 18.7. The summed E-state index contributed by atoms with van der Waals surface area (Å²) in [5.41, 5.74) is 8.16. The summed E-state index contributed by atoms with van der Waals surface area (Å²) in [4.78, 5) is 0. The molecule has 0 aliphatic carbocycles. The molecule has 3 rings (SSSR count). The minimum absolute atomic E-state index is 0.631. The topological polar surface area (TPSA) is 29.3 Å². The normalized spacial score (nSPS) is 11.3. The second-order valence-corrected chi connectivity index (χ2v) is 7.26. The van der Waals surface area contributed by atoms with Crippen LogP contribution in [0.25, 0.3) is 5.69 Å². The van der Waals surface area contributed by atoms with Crippen LogP contribution in [0.1, 0.15) is 22.5 Å². The molecule has 134 valence electrons. The third kappa shape index (κ3) is 4.24. The zero-order valence-electron chi connectivity index (χ0n) is 14.4. The highest BCUT2D eigenvalue weighted by atomic mass is 35.5. The van der Waals surface area contributed by atoms with Gasteiger partial charge in [-0.3, -0.25) is 0 Å². The molecule has 0 unspecified atom stereocenters. The second-order valence-electron chi connectivity index (χ2n) is 5.98. The van der Waals surface area contributed by atoms with Gasteiger partial charge in [0.15, 0.2) is 0 Å². The average molecular weight is 407 g/mol. The Morgan fingerprint density at radius 3 is 2.38 bits per heavy atom. The highest BCUT2D eigenvalue weighted by molar-refractivity contribution is 6.34. The molecule has 1 heterocycles. The predicted octanol–water partition coefficient (Wildman–Crippen LogP) is 6.18. The fourth-order valence-corrected chi connectivity index (χ4v) is 3.29. The van der Waals surface area contributed by atoms with Crippen molar-refractivity contribution in [1.82, 2.24) is 9.99 Å². The van der Waals surface area contributed by atoms with Crippen LogP contribution in [0, 0.1) is 13.8 Å².